The number of amides is 1. The third kappa shape index (κ3) is 3.17. The largest absolute Gasteiger partial charge is 0.336 e. The van der Waals surface area contributed by atoms with Crippen LogP contribution in [-0.4, -0.2) is 21.6 Å². The SMILES string of the molecule is O=C(Cn1c(=O)n(-c2cc(F)cc(F)c2)c(=O)c2sccc21)N1CCc2ccccc21. The Morgan fingerprint density at radius 3 is 2.55 bits per heavy atom. The molecular weight excluding hydrogens is 424 g/mol. The van der Waals surface area contributed by atoms with E-state index in [0.717, 1.165) is 34.7 Å². The van der Waals surface area contributed by atoms with Gasteiger partial charge in [-0.2, -0.15) is 0 Å². The Hall–Kier alpha value is -3.59. The number of hydrogen-bond donors (Lipinski definition) is 0. The Morgan fingerprint density at radius 2 is 1.77 bits per heavy atom. The third-order valence-corrected chi connectivity index (χ3v) is 6.23. The molecule has 3 heterocycles. The van der Waals surface area contributed by atoms with E-state index in [1.807, 2.05) is 24.3 Å². The summed E-state index contributed by atoms with van der Waals surface area (Å²) in [6.07, 6.45) is 0.715. The smallest absolute Gasteiger partial charge is 0.310 e. The Bertz CT molecular complexity index is 1450. The highest BCUT2D eigenvalue weighted by Crippen LogP contribution is 2.28. The Kier molecular flexibility index (Phi) is 4.55. The van der Waals surface area contributed by atoms with E-state index in [1.54, 1.807) is 16.3 Å². The lowest BCUT2D eigenvalue weighted by Crippen LogP contribution is -2.42. The summed E-state index contributed by atoms with van der Waals surface area (Å²) in [6.45, 7) is 0.187. The predicted molar refractivity (Wildman–Crippen MR) is 114 cm³/mol. The van der Waals surface area contributed by atoms with E-state index in [4.69, 9.17) is 0 Å². The van der Waals surface area contributed by atoms with Crippen molar-refractivity contribution >= 4 is 33.1 Å². The van der Waals surface area contributed by atoms with Crippen LogP contribution in [0.4, 0.5) is 14.5 Å². The van der Waals surface area contributed by atoms with Crippen LogP contribution in [0.2, 0.25) is 0 Å². The second-order valence-corrected chi connectivity index (χ2v) is 8.11. The van der Waals surface area contributed by atoms with Crippen molar-refractivity contribution in [1.82, 2.24) is 9.13 Å². The number of fused-ring (bicyclic) bond motifs is 2. The number of carbonyl (C=O) groups excluding carboxylic acids is 1. The van der Waals surface area contributed by atoms with Crippen LogP contribution in [0.1, 0.15) is 5.56 Å². The van der Waals surface area contributed by atoms with E-state index in [1.165, 1.54) is 4.57 Å². The minimum absolute atomic E-state index is 0.221. The van der Waals surface area contributed by atoms with Crippen LogP contribution in [0, 0.1) is 11.6 Å². The maximum Gasteiger partial charge on any atom is 0.336 e. The first kappa shape index (κ1) is 19.4. The Morgan fingerprint density at radius 1 is 1.03 bits per heavy atom. The van der Waals surface area contributed by atoms with Crippen molar-refractivity contribution in [2.45, 2.75) is 13.0 Å². The second kappa shape index (κ2) is 7.28. The Balaban J connectivity index is 1.64. The summed E-state index contributed by atoms with van der Waals surface area (Å²) in [5.41, 5.74) is 0.410. The molecule has 0 aliphatic carbocycles. The first-order chi connectivity index (χ1) is 14.9. The monoisotopic (exact) mass is 439 g/mol. The summed E-state index contributed by atoms with van der Waals surface area (Å²) in [6, 6.07) is 11.6. The lowest BCUT2D eigenvalue weighted by molar-refractivity contribution is -0.119. The molecule has 2 aromatic carbocycles. The summed E-state index contributed by atoms with van der Waals surface area (Å²) >= 11 is 1.10. The van der Waals surface area contributed by atoms with Gasteiger partial charge >= 0.3 is 5.69 Å². The molecule has 1 amide bonds. The van der Waals surface area contributed by atoms with Gasteiger partial charge in [-0.15, -0.1) is 11.3 Å². The maximum atomic E-state index is 13.8. The summed E-state index contributed by atoms with van der Waals surface area (Å²) in [7, 11) is 0. The van der Waals surface area contributed by atoms with Crippen molar-refractivity contribution in [2.75, 3.05) is 11.4 Å². The van der Waals surface area contributed by atoms with Gasteiger partial charge in [-0.05, 0) is 41.6 Å². The van der Waals surface area contributed by atoms with Gasteiger partial charge in [-0.3, -0.25) is 14.2 Å². The molecule has 9 heteroatoms. The summed E-state index contributed by atoms with van der Waals surface area (Å²) in [5, 5.41) is 1.63. The van der Waals surface area contributed by atoms with Crippen LogP contribution >= 0.6 is 11.3 Å². The average Bonchev–Trinajstić information content (AvgIpc) is 3.38. The van der Waals surface area contributed by atoms with Gasteiger partial charge in [0.05, 0.1) is 11.2 Å². The molecule has 0 spiro atoms. The van der Waals surface area contributed by atoms with Crippen molar-refractivity contribution in [3.63, 3.8) is 0 Å². The lowest BCUT2D eigenvalue weighted by atomic mass is 10.2. The summed E-state index contributed by atoms with van der Waals surface area (Å²) in [4.78, 5) is 40.9. The molecule has 1 aliphatic heterocycles. The highest BCUT2D eigenvalue weighted by atomic mass is 32.1. The zero-order valence-electron chi connectivity index (χ0n) is 16.0. The van der Waals surface area contributed by atoms with Gasteiger partial charge in [0.2, 0.25) is 5.91 Å². The molecule has 0 fully saturated rings. The van der Waals surface area contributed by atoms with Crippen molar-refractivity contribution in [3.05, 3.63) is 91.9 Å². The van der Waals surface area contributed by atoms with Crippen molar-refractivity contribution in [3.8, 4) is 5.69 Å². The number of hydrogen-bond acceptors (Lipinski definition) is 4. The molecule has 156 valence electrons. The molecule has 0 saturated heterocycles. The molecule has 1 aliphatic rings. The number of nitrogens with zero attached hydrogens (tertiary/aromatic N) is 3. The van der Waals surface area contributed by atoms with Crippen molar-refractivity contribution < 1.29 is 13.6 Å². The van der Waals surface area contributed by atoms with Crippen molar-refractivity contribution in [1.29, 1.82) is 0 Å². The fourth-order valence-electron chi connectivity index (χ4n) is 3.95. The summed E-state index contributed by atoms with van der Waals surface area (Å²) in [5.74, 6) is -2.14. The molecule has 0 atom stereocenters. The number of rotatable bonds is 3. The third-order valence-electron chi connectivity index (χ3n) is 5.34. The van der Waals surface area contributed by atoms with Crippen LogP contribution < -0.4 is 16.1 Å². The Labute approximate surface area is 178 Å². The molecule has 0 saturated carbocycles. The first-order valence-corrected chi connectivity index (χ1v) is 10.4. The molecule has 0 N–H and O–H groups in total. The molecule has 31 heavy (non-hydrogen) atoms. The minimum Gasteiger partial charge on any atom is -0.310 e. The minimum atomic E-state index is -0.913. The van der Waals surface area contributed by atoms with Gasteiger partial charge < -0.3 is 4.90 Å². The molecule has 2 aromatic heterocycles. The summed E-state index contributed by atoms with van der Waals surface area (Å²) < 4.78 is 29.6. The van der Waals surface area contributed by atoms with E-state index in [-0.39, 0.29) is 22.8 Å². The van der Waals surface area contributed by atoms with Gasteiger partial charge in [0.1, 0.15) is 22.9 Å². The molecule has 5 rings (SSSR count). The molecule has 0 radical (unpaired) electrons. The lowest BCUT2D eigenvalue weighted by Gasteiger charge is -2.19. The van der Waals surface area contributed by atoms with E-state index in [0.29, 0.717) is 29.1 Å². The van der Waals surface area contributed by atoms with Gasteiger partial charge in [0.25, 0.3) is 5.56 Å². The number of aromatic nitrogens is 2. The van der Waals surface area contributed by atoms with Crippen LogP contribution in [-0.2, 0) is 17.8 Å². The van der Waals surface area contributed by atoms with Crippen LogP contribution in [0.5, 0.6) is 0 Å². The van der Waals surface area contributed by atoms with Crippen LogP contribution in [0.3, 0.4) is 0 Å². The van der Waals surface area contributed by atoms with Crippen molar-refractivity contribution in [2.24, 2.45) is 0 Å². The van der Waals surface area contributed by atoms with Gasteiger partial charge in [-0.25, -0.2) is 18.1 Å². The number of benzene rings is 2. The zero-order valence-corrected chi connectivity index (χ0v) is 16.9. The molecule has 0 unspecified atom stereocenters. The quantitative estimate of drug-likeness (QED) is 0.493. The first-order valence-electron chi connectivity index (χ1n) is 9.52. The van der Waals surface area contributed by atoms with E-state index < -0.39 is 22.9 Å². The van der Waals surface area contributed by atoms with Crippen LogP contribution in [0.15, 0.2) is 63.5 Å². The van der Waals surface area contributed by atoms with E-state index in [2.05, 4.69) is 0 Å². The number of thiophene rings is 1. The molecule has 4 aromatic rings. The highest BCUT2D eigenvalue weighted by Gasteiger charge is 2.26. The second-order valence-electron chi connectivity index (χ2n) is 7.20. The number of halogens is 2. The normalized spacial score (nSPS) is 13.0. The molecular formula is C22H15F2N3O3S. The van der Waals surface area contributed by atoms with Gasteiger partial charge in [0.15, 0.2) is 0 Å². The maximum absolute atomic E-state index is 13.8. The fourth-order valence-corrected chi connectivity index (χ4v) is 4.78. The van der Waals surface area contributed by atoms with Gasteiger partial charge in [-0.1, -0.05) is 18.2 Å². The average molecular weight is 439 g/mol. The molecule has 6 nitrogen and oxygen atoms in total. The molecule has 0 bridgehead atoms. The number of carbonyl (C=O) groups is 1. The van der Waals surface area contributed by atoms with E-state index >= 15 is 0 Å². The number of anilines is 1. The topological polar surface area (TPSA) is 64.3 Å². The van der Waals surface area contributed by atoms with Crippen LogP contribution in [0.25, 0.3) is 15.9 Å². The van der Waals surface area contributed by atoms with Gasteiger partial charge in [0, 0.05) is 18.3 Å². The standard InChI is InChI=1S/C22H15F2N3O3S/c23-14-9-15(24)11-16(10-14)27-21(29)20-18(6-8-31-20)26(22(27)30)12-19(28)25-7-5-13-3-1-2-4-17(13)25/h1-4,6,8-11H,5,7,12H2. The predicted octanol–water partition coefficient (Wildman–Crippen LogP) is 3.08. The highest BCUT2D eigenvalue weighted by molar-refractivity contribution is 7.17. The van der Waals surface area contributed by atoms with E-state index in [9.17, 15) is 23.2 Å². The number of para-hydroxylation sites is 1. The fraction of sp³-hybridized carbons (Fsp3) is 0.136. The zero-order chi connectivity index (χ0) is 21.7.